The minimum atomic E-state index is -0.398. The van der Waals surface area contributed by atoms with E-state index in [0.717, 1.165) is 6.42 Å². The lowest BCUT2D eigenvalue weighted by Gasteiger charge is -2.26. The summed E-state index contributed by atoms with van der Waals surface area (Å²) in [6.07, 6.45) is 7.46. The Morgan fingerprint density at radius 2 is 0.827 bits per heavy atom. The Kier molecular flexibility index (Phi) is 20.9. The van der Waals surface area contributed by atoms with E-state index in [2.05, 4.69) is 20.7 Å². The van der Waals surface area contributed by atoms with Crippen molar-refractivity contribution in [3.05, 3.63) is 0 Å². The fourth-order valence-electron chi connectivity index (χ4n) is 5.86. The van der Waals surface area contributed by atoms with E-state index in [9.17, 15) is 57.5 Å². The van der Waals surface area contributed by atoms with E-state index >= 15 is 0 Å². The first kappa shape index (κ1) is 46.6. The molecule has 0 N–H and O–H groups in total. The minimum Gasteiger partial charge on any atom is -0.393 e. The zero-order chi connectivity index (χ0) is 39.6. The summed E-state index contributed by atoms with van der Waals surface area (Å²) in [5, 5.41) is -0.237. The molecule has 1 aliphatic heterocycles. The maximum atomic E-state index is 10.9. The van der Waals surface area contributed by atoms with E-state index in [0.29, 0.717) is 70.1 Å². The van der Waals surface area contributed by atoms with E-state index < -0.39 is 11.9 Å². The molecule has 5 saturated carbocycles. The fraction of sp³-hybridized carbons (Fsp3) is 0.676. The summed E-state index contributed by atoms with van der Waals surface area (Å²) < 4.78 is 4.08. The second-order valence-corrected chi connectivity index (χ2v) is 16.4. The summed E-state index contributed by atoms with van der Waals surface area (Å²) in [6.45, 7) is 5.86. The molecule has 0 bridgehead atoms. The molecule has 15 heteroatoms. The second kappa shape index (κ2) is 23.3. The van der Waals surface area contributed by atoms with Gasteiger partial charge < -0.3 is 4.74 Å². The van der Waals surface area contributed by atoms with Crippen LogP contribution >= 0.6 is 27.5 Å². The van der Waals surface area contributed by atoms with Gasteiger partial charge in [-0.25, -0.2) is 0 Å². The van der Waals surface area contributed by atoms with Gasteiger partial charge in [-0.2, -0.15) is 0 Å². The topological polar surface area (TPSA) is 214 Å². The maximum absolute atomic E-state index is 10.9. The lowest BCUT2D eigenvalue weighted by Crippen LogP contribution is -2.28. The Morgan fingerprint density at radius 1 is 0.500 bits per heavy atom. The molecule has 6 aliphatic rings. The van der Waals surface area contributed by atoms with Crippen LogP contribution in [0, 0.1) is 11.3 Å². The molecule has 0 atom stereocenters. The largest absolute Gasteiger partial charge is 0.393 e. The average molecular weight is 816 g/mol. The normalized spacial score (nSPS) is 22.6. The van der Waals surface area contributed by atoms with Gasteiger partial charge in [0.1, 0.15) is 57.8 Å². The monoisotopic (exact) mass is 814 g/mol. The van der Waals surface area contributed by atoms with Crippen LogP contribution in [-0.4, -0.2) is 80.0 Å². The first-order chi connectivity index (χ1) is 24.1. The van der Waals surface area contributed by atoms with Gasteiger partial charge in [0.25, 0.3) is 0 Å². The first-order valence-corrected chi connectivity index (χ1v) is 18.7. The molecule has 0 aromatic carbocycles. The summed E-state index contributed by atoms with van der Waals surface area (Å²) in [5.41, 5.74) is -0.0770. The lowest BCUT2D eigenvalue weighted by molar-refractivity contribution is -0.152. The Balaban J connectivity index is 0.000000313. The average Bonchev–Trinajstić information content (AvgIpc) is 3.33. The fourth-order valence-corrected chi connectivity index (χ4v) is 6.93. The molecule has 0 aromatic rings. The zero-order valence-electron chi connectivity index (χ0n) is 30.0. The van der Waals surface area contributed by atoms with Gasteiger partial charge in [0.05, 0.1) is 44.9 Å². The molecule has 0 aromatic heterocycles. The molecule has 0 spiro atoms. The Bertz CT molecular complexity index is 1250. The molecule has 0 amide bonds. The van der Waals surface area contributed by atoms with Crippen molar-refractivity contribution < 1.29 is 62.3 Å². The maximum Gasteiger partial charge on any atom is 0.314 e. The molecule has 1 saturated heterocycles. The quantitative estimate of drug-likeness (QED) is 0.183. The Hall–Kier alpha value is -3.39. The summed E-state index contributed by atoms with van der Waals surface area (Å²) in [6, 6.07) is 0. The smallest absolute Gasteiger partial charge is 0.314 e. The van der Waals surface area contributed by atoms with Crippen LogP contribution in [0.25, 0.3) is 0 Å². The first-order valence-electron chi connectivity index (χ1n) is 17.3. The summed E-state index contributed by atoms with van der Waals surface area (Å²) >= 11 is 8.79. The third-order valence-electron chi connectivity index (χ3n) is 7.94. The SMILES string of the molecule is CC1(C)CC(=O)CC(=O)C1.CC1CC(=O)CC(=O)C1.O=C1CC(=O)CC(Br)C1.O=C1CC(=O)CC(Cl)C1.O=C1CCC(=O)O1.O=C1CCCC(=O)C1. The number of hydrogen-bond acceptors (Lipinski definition) is 13. The lowest BCUT2D eigenvalue weighted by atomic mass is 9.76. The highest BCUT2D eigenvalue weighted by Gasteiger charge is 2.31. The molecule has 0 radical (unpaired) electrons. The molecule has 0 unspecified atom stereocenters. The highest BCUT2D eigenvalue weighted by molar-refractivity contribution is 9.09. The molecule has 6 rings (SSSR count). The van der Waals surface area contributed by atoms with Crippen LogP contribution in [0.3, 0.4) is 0 Å². The van der Waals surface area contributed by atoms with Crippen molar-refractivity contribution in [1.29, 1.82) is 0 Å². The number of carbonyl (C=O) groups excluding carboxylic acids is 12. The molecular weight excluding hydrogens is 768 g/mol. The van der Waals surface area contributed by atoms with Crippen molar-refractivity contribution in [2.75, 3.05) is 0 Å². The van der Waals surface area contributed by atoms with Crippen LogP contribution in [0.5, 0.6) is 0 Å². The third kappa shape index (κ3) is 22.5. The number of hydrogen-bond donors (Lipinski definition) is 0. The number of alkyl halides is 2. The van der Waals surface area contributed by atoms with E-state index in [-0.39, 0.29) is 118 Å². The van der Waals surface area contributed by atoms with Crippen molar-refractivity contribution in [3.63, 3.8) is 0 Å². The van der Waals surface area contributed by atoms with Crippen molar-refractivity contribution in [2.45, 2.75) is 147 Å². The van der Waals surface area contributed by atoms with Gasteiger partial charge in [-0.15, -0.1) is 11.6 Å². The predicted molar refractivity (Wildman–Crippen MR) is 190 cm³/mol. The molecule has 13 nitrogen and oxygen atoms in total. The van der Waals surface area contributed by atoms with E-state index in [1.54, 1.807) is 0 Å². The molecule has 288 valence electrons. The van der Waals surface area contributed by atoms with Gasteiger partial charge in [-0.05, 0) is 17.8 Å². The zero-order valence-corrected chi connectivity index (χ0v) is 32.4. The van der Waals surface area contributed by atoms with E-state index in [1.807, 2.05) is 20.8 Å². The van der Waals surface area contributed by atoms with Crippen molar-refractivity contribution in [2.24, 2.45) is 11.3 Å². The van der Waals surface area contributed by atoms with E-state index in [4.69, 9.17) is 11.6 Å². The van der Waals surface area contributed by atoms with Crippen LogP contribution in [0.15, 0.2) is 0 Å². The van der Waals surface area contributed by atoms with Gasteiger partial charge in [0, 0.05) is 74.4 Å². The van der Waals surface area contributed by atoms with Crippen LogP contribution in [0.2, 0.25) is 0 Å². The summed E-state index contributed by atoms with van der Waals surface area (Å²) in [4.78, 5) is 127. The minimum absolute atomic E-state index is 0.0220. The number of cyclic esters (lactones) is 2. The number of rotatable bonds is 0. The number of ketones is 10. The molecular formula is C37H48BrClO13. The van der Waals surface area contributed by atoms with Crippen LogP contribution in [0.1, 0.15) is 136 Å². The van der Waals surface area contributed by atoms with Crippen LogP contribution in [0.4, 0.5) is 0 Å². The molecule has 1 heterocycles. The van der Waals surface area contributed by atoms with Crippen LogP contribution in [-0.2, 0) is 62.3 Å². The third-order valence-corrected chi connectivity index (χ3v) is 8.90. The Labute approximate surface area is 316 Å². The van der Waals surface area contributed by atoms with Gasteiger partial charge in [-0.1, -0.05) is 36.7 Å². The molecule has 52 heavy (non-hydrogen) atoms. The molecule has 5 aliphatic carbocycles. The van der Waals surface area contributed by atoms with Gasteiger partial charge >= 0.3 is 11.9 Å². The summed E-state index contributed by atoms with van der Waals surface area (Å²) in [5.74, 6) is 0.218. The van der Waals surface area contributed by atoms with Crippen molar-refractivity contribution in [3.8, 4) is 0 Å². The van der Waals surface area contributed by atoms with Gasteiger partial charge in [-0.3, -0.25) is 57.5 Å². The number of halogens is 2. The van der Waals surface area contributed by atoms with E-state index in [1.165, 1.54) is 0 Å². The van der Waals surface area contributed by atoms with Gasteiger partial charge in [0.2, 0.25) is 0 Å². The number of Topliss-reactive ketones (excluding diaryl/α,β-unsaturated/α-hetero) is 10. The molecule has 6 fully saturated rings. The van der Waals surface area contributed by atoms with Gasteiger partial charge in [0.15, 0.2) is 0 Å². The number of ether oxygens (including phenoxy) is 1. The number of carbonyl (C=O) groups is 12. The number of esters is 2. The summed E-state index contributed by atoms with van der Waals surface area (Å²) in [7, 11) is 0. The standard InChI is InChI=1S/C8H12O2.C7H10O2.C6H7BrO2.C6H7ClO2.C6H8O2.C4H4O3/c1-8(2)4-6(9)3-7(10)5-8;1-5-2-6(8)4-7(9)3-5;2*7-4-1-5(8)3-6(9)2-4;7-5-2-1-3-6(8)4-5;5-3-1-2-4(6)7-3/h3-5H2,1-2H3;5H,2-4H2,1H3;2*4H,1-3H2;1-4H2;1-2H2. The van der Waals surface area contributed by atoms with Crippen molar-refractivity contribution >= 4 is 97.3 Å². The predicted octanol–water partition coefficient (Wildman–Crippen LogP) is 4.82. The highest BCUT2D eigenvalue weighted by atomic mass is 79.9. The second-order valence-electron chi connectivity index (χ2n) is 14.5. The van der Waals surface area contributed by atoms with Crippen molar-refractivity contribution in [1.82, 2.24) is 0 Å². The highest BCUT2D eigenvalue weighted by Crippen LogP contribution is 2.30. The Morgan fingerprint density at radius 3 is 1.08 bits per heavy atom. The van der Waals surface area contributed by atoms with Crippen LogP contribution < -0.4 is 0 Å².